The molecule has 0 saturated heterocycles. The number of hydrogen-bond acceptors (Lipinski definition) is 3. The maximum absolute atomic E-state index is 4.75. The Bertz CT molecular complexity index is 845. The molecule has 0 aliphatic rings. The van der Waals surface area contributed by atoms with Crippen LogP contribution in [-0.4, -0.2) is 35.1 Å². The number of aliphatic imine (C=N–C) groups is 1. The van der Waals surface area contributed by atoms with Gasteiger partial charge in [-0.3, -0.25) is 4.99 Å². The van der Waals surface area contributed by atoms with Gasteiger partial charge in [0.15, 0.2) is 5.96 Å². The van der Waals surface area contributed by atoms with Crippen LogP contribution >= 0.6 is 35.3 Å². The number of imidazole rings is 1. The van der Waals surface area contributed by atoms with Crippen molar-refractivity contribution in [1.82, 2.24) is 20.2 Å². The molecule has 0 aliphatic carbocycles. The van der Waals surface area contributed by atoms with E-state index in [1.165, 1.54) is 11.1 Å². The normalized spacial score (nSPS) is 12.3. The third kappa shape index (κ3) is 7.47. The highest BCUT2D eigenvalue weighted by atomic mass is 127. The fourth-order valence-electron chi connectivity index (χ4n) is 3.02. The number of rotatable bonds is 9. The molecule has 5 nitrogen and oxygen atoms in total. The molecule has 156 valence electrons. The molecule has 0 bridgehead atoms. The van der Waals surface area contributed by atoms with Gasteiger partial charge in [-0.15, -0.1) is 24.0 Å². The number of hydrogen-bond donors (Lipinski definition) is 2. The van der Waals surface area contributed by atoms with Crippen molar-refractivity contribution in [2.75, 3.05) is 19.6 Å². The van der Waals surface area contributed by atoms with Crippen molar-refractivity contribution < 1.29 is 0 Å². The van der Waals surface area contributed by atoms with Crippen LogP contribution in [-0.2, 0) is 13.0 Å². The summed E-state index contributed by atoms with van der Waals surface area (Å²) in [4.78, 5) is 9.28. The lowest BCUT2D eigenvalue weighted by atomic mass is 10.1. The minimum atomic E-state index is 0. The van der Waals surface area contributed by atoms with Gasteiger partial charge in [-0.1, -0.05) is 37.3 Å². The monoisotopic (exact) mass is 523 g/mol. The van der Waals surface area contributed by atoms with Gasteiger partial charge in [-0.25, -0.2) is 4.98 Å². The van der Waals surface area contributed by atoms with Crippen LogP contribution in [0.1, 0.15) is 36.7 Å². The molecule has 1 atom stereocenters. The van der Waals surface area contributed by atoms with Gasteiger partial charge in [0.2, 0.25) is 0 Å². The van der Waals surface area contributed by atoms with Crippen molar-refractivity contribution in [3.8, 4) is 0 Å². The maximum Gasteiger partial charge on any atom is 0.191 e. The molecule has 0 radical (unpaired) electrons. The van der Waals surface area contributed by atoms with E-state index in [4.69, 9.17) is 4.99 Å². The third-order valence-corrected chi connectivity index (χ3v) is 5.32. The Balaban J connectivity index is 0.00000300. The predicted molar refractivity (Wildman–Crippen MR) is 134 cm³/mol. The van der Waals surface area contributed by atoms with Gasteiger partial charge in [0.25, 0.3) is 0 Å². The predicted octanol–water partition coefficient (Wildman–Crippen LogP) is 4.51. The van der Waals surface area contributed by atoms with Gasteiger partial charge in [0, 0.05) is 50.9 Å². The molecular formula is C22H30IN5S. The number of nitrogens with zero attached hydrogens (tertiary/aromatic N) is 3. The first-order chi connectivity index (χ1) is 13.8. The van der Waals surface area contributed by atoms with Crippen LogP contribution in [0.3, 0.4) is 0 Å². The number of guanidine groups is 1. The number of aromatic nitrogens is 2. The zero-order valence-corrected chi connectivity index (χ0v) is 20.2. The molecule has 1 aromatic carbocycles. The molecule has 7 heteroatoms. The highest BCUT2D eigenvalue weighted by molar-refractivity contribution is 14.0. The molecule has 0 aliphatic heterocycles. The fraction of sp³-hybridized carbons (Fsp3) is 0.364. The molecule has 2 heterocycles. The SMILES string of the molecule is CCNC(=NCC(C)c1ccsc1)NCCc1nccn1Cc1ccccc1.I. The number of thiophene rings is 1. The van der Waals surface area contributed by atoms with E-state index in [0.29, 0.717) is 5.92 Å². The van der Waals surface area contributed by atoms with Gasteiger partial charge in [-0.05, 0) is 34.9 Å². The van der Waals surface area contributed by atoms with Crippen molar-refractivity contribution in [1.29, 1.82) is 0 Å². The van der Waals surface area contributed by atoms with Crippen molar-refractivity contribution in [2.24, 2.45) is 4.99 Å². The van der Waals surface area contributed by atoms with Gasteiger partial charge in [0.05, 0.1) is 0 Å². The molecule has 0 fully saturated rings. The summed E-state index contributed by atoms with van der Waals surface area (Å²) < 4.78 is 2.21. The van der Waals surface area contributed by atoms with Crippen LogP contribution in [0.15, 0.2) is 64.5 Å². The molecule has 0 spiro atoms. The van der Waals surface area contributed by atoms with Gasteiger partial charge >= 0.3 is 0 Å². The van der Waals surface area contributed by atoms with Crippen LogP contribution in [0.25, 0.3) is 0 Å². The summed E-state index contributed by atoms with van der Waals surface area (Å²) in [6.45, 7) is 7.57. The summed E-state index contributed by atoms with van der Waals surface area (Å²) in [7, 11) is 0. The molecule has 2 N–H and O–H groups in total. The average Bonchev–Trinajstić information content (AvgIpc) is 3.39. The minimum Gasteiger partial charge on any atom is -0.357 e. The minimum absolute atomic E-state index is 0. The summed E-state index contributed by atoms with van der Waals surface area (Å²) in [5, 5.41) is 11.1. The Morgan fingerprint density at radius 1 is 1.21 bits per heavy atom. The van der Waals surface area contributed by atoms with Crippen molar-refractivity contribution in [3.05, 3.63) is 76.5 Å². The van der Waals surface area contributed by atoms with Crippen molar-refractivity contribution in [3.63, 3.8) is 0 Å². The Kier molecular flexibility index (Phi) is 10.2. The number of nitrogens with one attached hydrogen (secondary N) is 2. The van der Waals surface area contributed by atoms with Gasteiger partial charge in [-0.2, -0.15) is 11.3 Å². The Morgan fingerprint density at radius 3 is 2.76 bits per heavy atom. The Labute approximate surface area is 194 Å². The molecule has 1 unspecified atom stereocenters. The van der Waals surface area contributed by atoms with E-state index in [-0.39, 0.29) is 24.0 Å². The summed E-state index contributed by atoms with van der Waals surface area (Å²) >= 11 is 1.74. The Morgan fingerprint density at radius 2 is 2.03 bits per heavy atom. The Hall–Kier alpha value is -1.87. The second-order valence-corrected chi connectivity index (χ2v) is 7.59. The van der Waals surface area contributed by atoms with Crippen molar-refractivity contribution in [2.45, 2.75) is 32.7 Å². The van der Waals surface area contributed by atoms with E-state index in [2.05, 4.69) is 75.1 Å². The quantitative estimate of drug-likeness (QED) is 0.247. The first kappa shape index (κ1) is 23.4. The lowest BCUT2D eigenvalue weighted by Gasteiger charge is -2.13. The lowest BCUT2D eigenvalue weighted by molar-refractivity contribution is 0.691. The van der Waals surface area contributed by atoms with Crippen molar-refractivity contribution >= 4 is 41.3 Å². The van der Waals surface area contributed by atoms with E-state index < -0.39 is 0 Å². The zero-order valence-electron chi connectivity index (χ0n) is 17.0. The second kappa shape index (κ2) is 12.6. The molecule has 0 saturated carbocycles. The lowest BCUT2D eigenvalue weighted by Crippen LogP contribution is -2.38. The first-order valence-electron chi connectivity index (χ1n) is 9.84. The van der Waals surface area contributed by atoms with E-state index in [1.54, 1.807) is 11.3 Å². The van der Waals surface area contributed by atoms with E-state index in [1.807, 2.05) is 18.5 Å². The largest absolute Gasteiger partial charge is 0.357 e. The third-order valence-electron chi connectivity index (χ3n) is 4.62. The molecule has 3 rings (SSSR count). The van der Waals surface area contributed by atoms with Crippen LogP contribution in [0.2, 0.25) is 0 Å². The average molecular weight is 523 g/mol. The molecule has 2 aromatic heterocycles. The molecule has 3 aromatic rings. The smallest absolute Gasteiger partial charge is 0.191 e. The van der Waals surface area contributed by atoms with Crippen LogP contribution in [0.5, 0.6) is 0 Å². The summed E-state index contributed by atoms with van der Waals surface area (Å²) in [6, 6.07) is 12.7. The van der Waals surface area contributed by atoms with E-state index in [9.17, 15) is 0 Å². The summed E-state index contributed by atoms with van der Waals surface area (Å²) in [5.74, 6) is 2.37. The molecular weight excluding hydrogens is 493 g/mol. The number of benzene rings is 1. The standard InChI is InChI=1S/C22H29N5S.HI/c1-3-23-22(26-15-18(2)20-10-14-28-17-20)25-11-9-21-24-12-13-27(21)16-19-7-5-4-6-8-19;/h4-8,10,12-14,17-18H,3,9,11,15-16H2,1-2H3,(H2,23,25,26);1H. The highest BCUT2D eigenvalue weighted by Gasteiger charge is 2.07. The second-order valence-electron chi connectivity index (χ2n) is 6.81. The van der Waals surface area contributed by atoms with Gasteiger partial charge < -0.3 is 15.2 Å². The van der Waals surface area contributed by atoms with Crippen LogP contribution < -0.4 is 10.6 Å². The summed E-state index contributed by atoms with van der Waals surface area (Å²) in [6.07, 6.45) is 4.77. The highest BCUT2D eigenvalue weighted by Crippen LogP contribution is 2.18. The maximum atomic E-state index is 4.75. The first-order valence-corrected chi connectivity index (χ1v) is 10.8. The number of halogens is 1. The zero-order chi connectivity index (χ0) is 19.6. The van der Waals surface area contributed by atoms with Crippen LogP contribution in [0.4, 0.5) is 0 Å². The summed E-state index contributed by atoms with van der Waals surface area (Å²) in [5.41, 5.74) is 2.64. The topological polar surface area (TPSA) is 54.2 Å². The molecule has 29 heavy (non-hydrogen) atoms. The van der Waals surface area contributed by atoms with Crippen LogP contribution in [0, 0.1) is 0 Å². The van der Waals surface area contributed by atoms with E-state index >= 15 is 0 Å². The fourth-order valence-corrected chi connectivity index (χ4v) is 3.80. The van der Waals surface area contributed by atoms with Gasteiger partial charge in [0.1, 0.15) is 5.82 Å². The van der Waals surface area contributed by atoms with E-state index in [0.717, 1.165) is 44.4 Å². The molecule has 0 amide bonds.